The predicted molar refractivity (Wildman–Crippen MR) is 115 cm³/mol. The van der Waals surface area contributed by atoms with E-state index >= 15 is 0 Å². The quantitative estimate of drug-likeness (QED) is 0.603. The third-order valence-electron chi connectivity index (χ3n) is 5.49. The van der Waals surface area contributed by atoms with Crippen molar-refractivity contribution in [1.82, 2.24) is 9.88 Å². The smallest absolute Gasteiger partial charge is 0.404 e. The summed E-state index contributed by atoms with van der Waals surface area (Å²) in [7, 11) is 0. The Labute approximate surface area is 173 Å². The number of rotatable bonds is 10. The standard InChI is InChI=1S/C23H33N3O3/c1-2-3-7-18-16-19-8-6-11-25-22(19)21(17-18)29-20-9-13-26(14-10-20)12-4-5-15-28-23(24)27/h6,8,11,16-17,20H,2-5,7,9-10,12-15H2,1H3,(H2,24,27). The number of piperidine rings is 1. The van der Waals surface area contributed by atoms with Crippen molar-refractivity contribution in [2.45, 2.75) is 58.0 Å². The van der Waals surface area contributed by atoms with Crippen LogP contribution in [-0.2, 0) is 11.2 Å². The van der Waals surface area contributed by atoms with Gasteiger partial charge in [0.2, 0.25) is 0 Å². The van der Waals surface area contributed by atoms with E-state index in [1.807, 2.05) is 12.3 Å². The van der Waals surface area contributed by atoms with Crippen LogP contribution in [0.15, 0.2) is 30.5 Å². The number of pyridine rings is 1. The highest BCUT2D eigenvalue weighted by Crippen LogP contribution is 2.29. The van der Waals surface area contributed by atoms with E-state index in [-0.39, 0.29) is 6.10 Å². The lowest BCUT2D eigenvalue weighted by atomic mass is 10.0. The van der Waals surface area contributed by atoms with Crippen molar-refractivity contribution in [3.05, 3.63) is 36.0 Å². The summed E-state index contributed by atoms with van der Waals surface area (Å²) in [5, 5.41) is 1.16. The first-order valence-electron chi connectivity index (χ1n) is 10.8. The highest BCUT2D eigenvalue weighted by Gasteiger charge is 2.21. The number of unbranched alkanes of at least 4 members (excludes halogenated alkanes) is 2. The first-order chi connectivity index (χ1) is 14.2. The zero-order chi connectivity index (χ0) is 20.5. The van der Waals surface area contributed by atoms with Crippen LogP contribution in [0.3, 0.4) is 0 Å². The average Bonchev–Trinajstić information content (AvgIpc) is 2.73. The largest absolute Gasteiger partial charge is 0.488 e. The number of primary amides is 1. The van der Waals surface area contributed by atoms with Gasteiger partial charge in [0.25, 0.3) is 0 Å². The number of benzene rings is 1. The van der Waals surface area contributed by atoms with Crippen LogP contribution >= 0.6 is 0 Å². The van der Waals surface area contributed by atoms with Gasteiger partial charge in [-0.3, -0.25) is 4.98 Å². The molecule has 3 rings (SSSR count). The number of ether oxygens (including phenoxy) is 2. The van der Waals surface area contributed by atoms with Crippen LogP contribution in [-0.4, -0.2) is 48.3 Å². The lowest BCUT2D eigenvalue weighted by Gasteiger charge is -2.32. The molecule has 0 saturated carbocycles. The Hall–Kier alpha value is -2.34. The Bertz CT molecular complexity index is 788. The number of hydrogen-bond acceptors (Lipinski definition) is 5. The van der Waals surface area contributed by atoms with Gasteiger partial charge in [0.1, 0.15) is 17.4 Å². The van der Waals surface area contributed by atoms with Gasteiger partial charge in [0, 0.05) is 24.7 Å². The van der Waals surface area contributed by atoms with Crippen LogP contribution in [0.2, 0.25) is 0 Å². The van der Waals surface area contributed by atoms with Gasteiger partial charge in [-0.05, 0) is 68.8 Å². The molecule has 2 heterocycles. The molecule has 1 aromatic carbocycles. The molecular weight excluding hydrogens is 366 g/mol. The van der Waals surface area contributed by atoms with Crippen LogP contribution in [0.1, 0.15) is 51.0 Å². The highest BCUT2D eigenvalue weighted by atomic mass is 16.5. The molecule has 1 aromatic heterocycles. The van der Waals surface area contributed by atoms with Crippen LogP contribution in [0.25, 0.3) is 10.9 Å². The SMILES string of the molecule is CCCCc1cc(OC2CCN(CCCCOC(N)=O)CC2)c2ncccc2c1. The molecule has 6 nitrogen and oxygen atoms in total. The number of hydrogen-bond donors (Lipinski definition) is 1. The van der Waals surface area contributed by atoms with Crippen molar-refractivity contribution >= 4 is 17.0 Å². The summed E-state index contributed by atoms with van der Waals surface area (Å²) in [5.41, 5.74) is 7.27. The van der Waals surface area contributed by atoms with Gasteiger partial charge in [-0.25, -0.2) is 4.79 Å². The van der Waals surface area contributed by atoms with Crippen molar-refractivity contribution < 1.29 is 14.3 Å². The number of carbonyl (C=O) groups excluding carboxylic acids is 1. The van der Waals surface area contributed by atoms with E-state index in [4.69, 9.17) is 15.2 Å². The Morgan fingerprint density at radius 2 is 2.07 bits per heavy atom. The molecule has 6 heteroatoms. The number of aryl methyl sites for hydroxylation is 1. The monoisotopic (exact) mass is 399 g/mol. The van der Waals surface area contributed by atoms with Crippen molar-refractivity contribution in [2.24, 2.45) is 5.73 Å². The van der Waals surface area contributed by atoms with Crippen LogP contribution in [0.4, 0.5) is 4.79 Å². The van der Waals surface area contributed by atoms with E-state index in [2.05, 4.69) is 35.0 Å². The molecule has 29 heavy (non-hydrogen) atoms. The number of amides is 1. The van der Waals surface area contributed by atoms with Crippen molar-refractivity contribution in [3.63, 3.8) is 0 Å². The zero-order valence-corrected chi connectivity index (χ0v) is 17.4. The first kappa shape index (κ1) is 21.4. The molecule has 2 aromatic rings. The second-order valence-corrected chi connectivity index (χ2v) is 7.81. The lowest BCUT2D eigenvalue weighted by Crippen LogP contribution is -2.38. The zero-order valence-electron chi connectivity index (χ0n) is 17.4. The molecule has 0 radical (unpaired) electrons. The summed E-state index contributed by atoms with van der Waals surface area (Å²) < 4.78 is 11.2. The molecule has 1 fully saturated rings. The summed E-state index contributed by atoms with van der Waals surface area (Å²) in [6.45, 7) is 5.71. The fourth-order valence-electron chi connectivity index (χ4n) is 3.87. The molecule has 1 amide bonds. The summed E-state index contributed by atoms with van der Waals surface area (Å²) in [5.74, 6) is 0.927. The topological polar surface area (TPSA) is 77.7 Å². The molecule has 1 saturated heterocycles. The number of nitrogens with zero attached hydrogens (tertiary/aromatic N) is 2. The molecule has 0 aliphatic carbocycles. The minimum absolute atomic E-state index is 0.232. The van der Waals surface area contributed by atoms with Gasteiger partial charge in [-0.15, -0.1) is 0 Å². The highest BCUT2D eigenvalue weighted by molar-refractivity contribution is 5.85. The van der Waals surface area contributed by atoms with Gasteiger partial charge in [0.15, 0.2) is 0 Å². The molecular formula is C23H33N3O3. The van der Waals surface area contributed by atoms with Crippen molar-refractivity contribution in [2.75, 3.05) is 26.2 Å². The number of carbonyl (C=O) groups is 1. The van der Waals surface area contributed by atoms with E-state index in [0.29, 0.717) is 6.61 Å². The number of likely N-dealkylation sites (tertiary alicyclic amines) is 1. The first-order valence-corrected chi connectivity index (χ1v) is 10.8. The van der Waals surface area contributed by atoms with Gasteiger partial charge in [-0.2, -0.15) is 0 Å². The average molecular weight is 400 g/mol. The maximum atomic E-state index is 10.6. The minimum Gasteiger partial charge on any atom is -0.488 e. The minimum atomic E-state index is -0.691. The van der Waals surface area contributed by atoms with E-state index in [1.54, 1.807) is 0 Å². The van der Waals surface area contributed by atoms with Crippen LogP contribution in [0, 0.1) is 0 Å². The van der Waals surface area contributed by atoms with Crippen LogP contribution in [0.5, 0.6) is 5.75 Å². The van der Waals surface area contributed by atoms with E-state index in [9.17, 15) is 4.79 Å². The molecule has 158 valence electrons. The summed E-state index contributed by atoms with van der Waals surface area (Å²) in [4.78, 5) is 17.6. The lowest BCUT2D eigenvalue weighted by molar-refractivity contribution is 0.0985. The molecule has 0 unspecified atom stereocenters. The molecule has 0 bridgehead atoms. The normalized spacial score (nSPS) is 15.5. The summed E-state index contributed by atoms with van der Waals surface area (Å²) in [6, 6.07) is 8.55. The molecule has 0 spiro atoms. The molecule has 0 atom stereocenters. The van der Waals surface area contributed by atoms with Crippen molar-refractivity contribution in [1.29, 1.82) is 0 Å². The summed E-state index contributed by atoms with van der Waals surface area (Å²) >= 11 is 0. The summed E-state index contributed by atoms with van der Waals surface area (Å²) in [6.07, 6.45) is 8.73. The number of fused-ring (bicyclic) bond motifs is 1. The second kappa shape index (κ2) is 11.0. The maximum absolute atomic E-state index is 10.6. The van der Waals surface area contributed by atoms with E-state index in [1.165, 1.54) is 18.4 Å². The number of nitrogens with two attached hydrogens (primary N) is 1. The van der Waals surface area contributed by atoms with Gasteiger partial charge in [0.05, 0.1) is 6.61 Å². The van der Waals surface area contributed by atoms with Gasteiger partial charge >= 0.3 is 6.09 Å². The second-order valence-electron chi connectivity index (χ2n) is 7.81. The Morgan fingerprint density at radius 3 is 2.83 bits per heavy atom. The number of aromatic nitrogens is 1. The predicted octanol–water partition coefficient (Wildman–Crippen LogP) is 4.30. The Kier molecular flexibility index (Phi) is 8.11. The molecule has 2 N–H and O–H groups in total. The Balaban J connectivity index is 1.52. The van der Waals surface area contributed by atoms with Gasteiger partial charge in [-0.1, -0.05) is 19.4 Å². The molecule has 1 aliphatic rings. The van der Waals surface area contributed by atoms with Gasteiger partial charge < -0.3 is 20.1 Å². The fraction of sp³-hybridized carbons (Fsp3) is 0.565. The maximum Gasteiger partial charge on any atom is 0.404 e. The van der Waals surface area contributed by atoms with E-state index < -0.39 is 6.09 Å². The molecule has 1 aliphatic heterocycles. The fourth-order valence-corrected chi connectivity index (χ4v) is 3.87. The Morgan fingerprint density at radius 1 is 1.24 bits per heavy atom. The van der Waals surface area contributed by atoms with Crippen molar-refractivity contribution in [3.8, 4) is 5.75 Å². The van der Waals surface area contributed by atoms with Crippen LogP contribution < -0.4 is 10.5 Å². The van der Waals surface area contributed by atoms with E-state index in [0.717, 1.165) is 68.4 Å². The third kappa shape index (κ3) is 6.60. The third-order valence-corrected chi connectivity index (χ3v) is 5.49.